The van der Waals surface area contributed by atoms with Crippen LogP contribution in [-0.4, -0.2) is 5.78 Å². The average Bonchev–Trinajstić information content (AvgIpc) is 2.15. The Morgan fingerprint density at radius 3 is 2.71 bits per heavy atom. The highest BCUT2D eigenvalue weighted by molar-refractivity contribution is 6.31. The molecule has 0 heterocycles. The van der Waals surface area contributed by atoms with Crippen LogP contribution in [0.2, 0.25) is 5.02 Å². The van der Waals surface area contributed by atoms with Gasteiger partial charge in [0.05, 0.1) is 5.56 Å². The van der Waals surface area contributed by atoms with Crippen molar-refractivity contribution in [2.45, 2.75) is 26.7 Å². The molecule has 3 heteroatoms. The summed E-state index contributed by atoms with van der Waals surface area (Å²) in [7, 11) is 0. The fourth-order valence-corrected chi connectivity index (χ4v) is 1.38. The molecule has 1 rings (SSSR count). The molecule has 14 heavy (non-hydrogen) atoms. The minimum Gasteiger partial charge on any atom is -0.294 e. The summed E-state index contributed by atoms with van der Waals surface area (Å²) in [4.78, 5) is 11.4. The fraction of sp³-hybridized carbons (Fsp3) is 0.364. The van der Waals surface area contributed by atoms with Crippen LogP contribution in [0.25, 0.3) is 0 Å². The molecule has 1 nitrogen and oxygen atoms in total. The van der Waals surface area contributed by atoms with E-state index in [0.717, 1.165) is 6.42 Å². The van der Waals surface area contributed by atoms with E-state index in [-0.39, 0.29) is 11.3 Å². The van der Waals surface area contributed by atoms with Crippen LogP contribution in [0, 0.1) is 12.7 Å². The highest BCUT2D eigenvalue weighted by Gasteiger charge is 2.14. The number of carbonyl (C=O) groups is 1. The van der Waals surface area contributed by atoms with Crippen molar-refractivity contribution in [2.75, 3.05) is 0 Å². The zero-order valence-electron chi connectivity index (χ0n) is 8.23. The van der Waals surface area contributed by atoms with Gasteiger partial charge in [-0.25, -0.2) is 4.39 Å². The average molecular weight is 215 g/mol. The summed E-state index contributed by atoms with van der Waals surface area (Å²) in [6.07, 6.45) is 1.10. The van der Waals surface area contributed by atoms with Gasteiger partial charge in [0, 0.05) is 17.0 Å². The van der Waals surface area contributed by atoms with Crippen molar-refractivity contribution in [2.24, 2.45) is 0 Å². The summed E-state index contributed by atoms with van der Waals surface area (Å²) < 4.78 is 13.5. The van der Waals surface area contributed by atoms with E-state index in [9.17, 15) is 9.18 Å². The summed E-state index contributed by atoms with van der Waals surface area (Å²) in [5, 5.41) is 0.357. The number of Topliss-reactive ketones (excluding diaryl/α,β-unsaturated/α-hetero) is 1. The van der Waals surface area contributed by atoms with Gasteiger partial charge in [0.2, 0.25) is 0 Å². The normalized spacial score (nSPS) is 10.3. The largest absolute Gasteiger partial charge is 0.294 e. The quantitative estimate of drug-likeness (QED) is 0.700. The van der Waals surface area contributed by atoms with E-state index >= 15 is 0 Å². The van der Waals surface area contributed by atoms with Gasteiger partial charge in [-0.2, -0.15) is 0 Å². The molecule has 0 spiro atoms. The van der Waals surface area contributed by atoms with Crippen molar-refractivity contribution in [1.29, 1.82) is 0 Å². The third kappa shape index (κ3) is 2.13. The van der Waals surface area contributed by atoms with Crippen molar-refractivity contribution in [3.8, 4) is 0 Å². The summed E-state index contributed by atoms with van der Waals surface area (Å²) in [6.45, 7) is 3.46. The minimum absolute atomic E-state index is 0.147. The zero-order valence-corrected chi connectivity index (χ0v) is 8.99. The molecule has 0 aliphatic rings. The van der Waals surface area contributed by atoms with E-state index < -0.39 is 5.82 Å². The highest BCUT2D eigenvalue weighted by Crippen LogP contribution is 2.22. The predicted octanol–water partition coefficient (Wildman–Crippen LogP) is 3.77. The van der Waals surface area contributed by atoms with E-state index in [2.05, 4.69) is 0 Å². The molecule has 0 aliphatic heterocycles. The maximum atomic E-state index is 13.5. The van der Waals surface area contributed by atoms with Crippen LogP contribution >= 0.6 is 11.6 Å². The molecular formula is C11H12ClFO. The Balaban J connectivity index is 3.11. The first kappa shape index (κ1) is 11.2. The molecule has 0 saturated carbocycles. The molecule has 76 valence electrons. The van der Waals surface area contributed by atoms with Gasteiger partial charge in [0.15, 0.2) is 5.78 Å². The van der Waals surface area contributed by atoms with Crippen molar-refractivity contribution in [3.63, 3.8) is 0 Å². The van der Waals surface area contributed by atoms with Crippen LogP contribution in [-0.2, 0) is 0 Å². The van der Waals surface area contributed by atoms with E-state index in [0.29, 0.717) is 17.0 Å². The number of hydrogen-bond donors (Lipinski definition) is 0. The predicted molar refractivity (Wildman–Crippen MR) is 55.4 cm³/mol. The second-order valence-corrected chi connectivity index (χ2v) is 3.61. The van der Waals surface area contributed by atoms with Gasteiger partial charge < -0.3 is 0 Å². The standard InChI is InChI=1S/C11H12ClFO/c1-3-4-10(14)8-5-6-9(12)7(2)11(8)13/h5-6H,3-4H2,1-2H3. The van der Waals surface area contributed by atoms with Gasteiger partial charge in [-0.15, -0.1) is 0 Å². The third-order valence-electron chi connectivity index (χ3n) is 2.10. The number of benzene rings is 1. The van der Waals surface area contributed by atoms with Crippen LogP contribution in [0.3, 0.4) is 0 Å². The molecule has 1 aromatic rings. The zero-order chi connectivity index (χ0) is 10.7. The third-order valence-corrected chi connectivity index (χ3v) is 2.51. The molecule has 1 aromatic carbocycles. The Morgan fingerprint density at radius 2 is 2.14 bits per heavy atom. The molecule has 0 fully saturated rings. The molecule has 0 radical (unpaired) electrons. The van der Waals surface area contributed by atoms with E-state index in [1.165, 1.54) is 6.07 Å². The van der Waals surface area contributed by atoms with Crippen molar-refractivity contribution in [1.82, 2.24) is 0 Å². The molecule has 0 amide bonds. The first-order valence-electron chi connectivity index (χ1n) is 4.55. The number of hydrogen-bond acceptors (Lipinski definition) is 1. The summed E-state index contributed by atoms with van der Waals surface area (Å²) in [5.74, 6) is -0.652. The second kappa shape index (κ2) is 4.56. The number of ketones is 1. The van der Waals surface area contributed by atoms with Gasteiger partial charge in [-0.1, -0.05) is 18.5 Å². The molecular weight excluding hydrogens is 203 g/mol. The first-order chi connectivity index (χ1) is 6.57. The van der Waals surface area contributed by atoms with Crippen LogP contribution < -0.4 is 0 Å². The van der Waals surface area contributed by atoms with Crippen molar-refractivity contribution in [3.05, 3.63) is 34.1 Å². The Labute approximate surface area is 87.9 Å². The van der Waals surface area contributed by atoms with Gasteiger partial charge in [0.25, 0.3) is 0 Å². The molecule has 0 N–H and O–H groups in total. The van der Waals surface area contributed by atoms with Gasteiger partial charge in [0.1, 0.15) is 5.82 Å². The molecule has 0 unspecified atom stereocenters. The SMILES string of the molecule is CCCC(=O)c1ccc(Cl)c(C)c1F. The Bertz CT molecular complexity index is 361. The van der Waals surface area contributed by atoms with Crippen LogP contribution in [0.4, 0.5) is 4.39 Å². The van der Waals surface area contributed by atoms with E-state index in [1.54, 1.807) is 13.0 Å². The number of carbonyl (C=O) groups excluding carboxylic acids is 1. The molecule has 0 atom stereocenters. The maximum Gasteiger partial charge on any atom is 0.165 e. The lowest BCUT2D eigenvalue weighted by molar-refractivity contribution is 0.0977. The highest BCUT2D eigenvalue weighted by atomic mass is 35.5. The topological polar surface area (TPSA) is 17.1 Å². The van der Waals surface area contributed by atoms with Crippen molar-refractivity contribution >= 4 is 17.4 Å². The smallest absolute Gasteiger partial charge is 0.165 e. The summed E-state index contributed by atoms with van der Waals surface area (Å²) in [5.41, 5.74) is 0.488. The van der Waals surface area contributed by atoms with Crippen LogP contribution in [0.1, 0.15) is 35.7 Å². The Morgan fingerprint density at radius 1 is 1.50 bits per heavy atom. The monoisotopic (exact) mass is 214 g/mol. The van der Waals surface area contributed by atoms with E-state index in [4.69, 9.17) is 11.6 Å². The van der Waals surface area contributed by atoms with Crippen LogP contribution in [0.5, 0.6) is 0 Å². The second-order valence-electron chi connectivity index (χ2n) is 3.21. The summed E-state index contributed by atoms with van der Waals surface area (Å²) >= 11 is 5.72. The van der Waals surface area contributed by atoms with Gasteiger partial charge in [-0.05, 0) is 25.5 Å². The van der Waals surface area contributed by atoms with E-state index in [1.807, 2.05) is 6.92 Å². The maximum absolute atomic E-state index is 13.5. The summed E-state index contributed by atoms with van der Waals surface area (Å²) in [6, 6.07) is 3.01. The lowest BCUT2D eigenvalue weighted by atomic mass is 10.0. The molecule has 0 aliphatic carbocycles. The lowest BCUT2D eigenvalue weighted by Gasteiger charge is -2.05. The first-order valence-corrected chi connectivity index (χ1v) is 4.93. The Kier molecular flexibility index (Phi) is 3.64. The van der Waals surface area contributed by atoms with Crippen LogP contribution in [0.15, 0.2) is 12.1 Å². The van der Waals surface area contributed by atoms with Gasteiger partial charge in [-0.3, -0.25) is 4.79 Å². The number of rotatable bonds is 3. The Hall–Kier alpha value is -0.890. The molecule has 0 bridgehead atoms. The molecule has 0 aromatic heterocycles. The van der Waals surface area contributed by atoms with Gasteiger partial charge >= 0.3 is 0 Å². The lowest BCUT2D eigenvalue weighted by Crippen LogP contribution is -2.03. The number of halogens is 2. The molecule has 0 saturated heterocycles. The fourth-order valence-electron chi connectivity index (χ4n) is 1.24. The van der Waals surface area contributed by atoms with Crippen molar-refractivity contribution < 1.29 is 9.18 Å². The minimum atomic E-state index is -0.490.